The van der Waals surface area contributed by atoms with Crippen molar-refractivity contribution in [1.82, 2.24) is 5.32 Å². The first-order chi connectivity index (χ1) is 7.86. The van der Waals surface area contributed by atoms with Crippen LogP contribution in [-0.4, -0.2) is 12.1 Å². The zero-order chi connectivity index (χ0) is 11.6. The van der Waals surface area contributed by atoms with E-state index in [2.05, 4.69) is 31.0 Å². The molecule has 1 heterocycles. The molecule has 0 aromatic carbocycles. The number of unbranched alkanes of at least 4 members (excludes halogenated alkanes) is 3. The second kappa shape index (κ2) is 8.58. The van der Waals surface area contributed by atoms with E-state index in [1.54, 1.807) is 0 Å². The van der Waals surface area contributed by atoms with Crippen LogP contribution in [0.3, 0.4) is 0 Å². The first kappa shape index (κ1) is 13.5. The van der Waals surface area contributed by atoms with Gasteiger partial charge in [-0.2, -0.15) is 0 Å². The molecule has 0 aromatic rings. The predicted molar refractivity (Wildman–Crippen MR) is 72.7 cm³/mol. The average molecular weight is 221 g/mol. The minimum atomic E-state index is 0.636. The van der Waals surface area contributed by atoms with Crippen LogP contribution in [0, 0.1) is 0 Å². The lowest BCUT2D eigenvalue weighted by Crippen LogP contribution is -2.27. The van der Waals surface area contributed by atoms with E-state index in [1.165, 1.54) is 44.9 Å². The summed E-state index contributed by atoms with van der Waals surface area (Å²) in [6.07, 6.45) is 17.1. The van der Waals surface area contributed by atoms with Crippen LogP contribution in [0.5, 0.6) is 0 Å². The Morgan fingerprint density at radius 2 is 2.12 bits per heavy atom. The molecule has 1 heteroatoms. The van der Waals surface area contributed by atoms with Gasteiger partial charge in [0.25, 0.3) is 0 Å². The quantitative estimate of drug-likeness (QED) is 0.478. The molecule has 1 nitrogen and oxygen atoms in total. The number of rotatable bonds is 8. The van der Waals surface area contributed by atoms with Gasteiger partial charge in [0.05, 0.1) is 0 Å². The fourth-order valence-electron chi connectivity index (χ4n) is 2.32. The van der Waals surface area contributed by atoms with Crippen molar-refractivity contribution in [2.45, 2.75) is 70.4 Å². The summed E-state index contributed by atoms with van der Waals surface area (Å²) in [4.78, 5) is 0. The number of allylic oxidation sites excluding steroid dienone is 2. The molecule has 0 aromatic heterocycles. The van der Waals surface area contributed by atoms with Gasteiger partial charge in [-0.05, 0) is 38.5 Å². The molecule has 1 N–H and O–H groups in total. The van der Waals surface area contributed by atoms with Gasteiger partial charge in [-0.15, -0.1) is 6.58 Å². The first-order valence-corrected chi connectivity index (χ1v) is 6.90. The van der Waals surface area contributed by atoms with E-state index >= 15 is 0 Å². The highest BCUT2D eigenvalue weighted by Crippen LogP contribution is 2.17. The maximum atomic E-state index is 3.78. The molecule has 16 heavy (non-hydrogen) atoms. The summed E-state index contributed by atoms with van der Waals surface area (Å²) in [5.74, 6) is 0. The predicted octanol–water partition coefficient (Wildman–Crippen LogP) is 4.21. The molecule has 0 aliphatic carbocycles. The second-order valence-corrected chi connectivity index (χ2v) is 4.84. The topological polar surface area (TPSA) is 12.0 Å². The van der Waals surface area contributed by atoms with Crippen molar-refractivity contribution in [3.63, 3.8) is 0 Å². The van der Waals surface area contributed by atoms with Gasteiger partial charge in [0.1, 0.15) is 0 Å². The van der Waals surface area contributed by atoms with Crippen molar-refractivity contribution in [1.29, 1.82) is 0 Å². The molecule has 0 radical (unpaired) electrons. The van der Waals surface area contributed by atoms with Gasteiger partial charge < -0.3 is 5.32 Å². The molecule has 0 spiro atoms. The third-order valence-corrected chi connectivity index (χ3v) is 3.34. The Morgan fingerprint density at radius 3 is 2.88 bits per heavy atom. The van der Waals surface area contributed by atoms with Crippen LogP contribution in [0.1, 0.15) is 58.3 Å². The van der Waals surface area contributed by atoms with Gasteiger partial charge in [-0.3, -0.25) is 0 Å². The van der Waals surface area contributed by atoms with Gasteiger partial charge in [0.15, 0.2) is 0 Å². The highest BCUT2D eigenvalue weighted by molar-refractivity contribution is 4.99. The third-order valence-electron chi connectivity index (χ3n) is 3.34. The maximum Gasteiger partial charge on any atom is 0.0253 e. The zero-order valence-corrected chi connectivity index (χ0v) is 10.8. The number of hydrogen-bond donors (Lipinski definition) is 1. The number of hydrogen-bond acceptors (Lipinski definition) is 1. The molecule has 0 bridgehead atoms. The molecule has 1 aliphatic rings. The molecular formula is C15H27N. The van der Waals surface area contributed by atoms with Crippen LogP contribution in [-0.2, 0) is 0 Å². The van der Waals surface area contributed by atoms with Crippen molar-refractivity contribution in [2.24, 2.45) is 0 Å². The van der Waals surface area contributed by atoms with Crippen molar-refractivity contribution in [3.8, 4) is 0 Å². The highest BCUT2D eigenvalue weighted by Gasteiger charge is 2.20. The minimum absolute atomic E-state index is 0.636. The lowest BCUT2D eigenvalue weighted by atomic mass is 10.1. The second-order valence-electron chi connectivity index (χ2n) is 4.84. The Labute approximate surface area is 101 Å². The van der Waals surface area contributed by atoms with Crippen molar-refractivity contribution in [2.75, 3.05) is 0 Å². The highest BCUT2D eigenvalue weighted by atomic mass is 15.0. The summed E-state index contributed by atoms with van der Waals surface area (Å²) in [5.41, 5.74) is 0. The SMILES string of the molecule is C=CCC[C@H]1CC[C@H](/C=C/CCCCC)N1. The molecule has 2 atom stereocenters. The Balaban J connectivity index is 2.08. The summed E-state index contributed by atoms with van der Waals surface area (Å²) in [5, 5.41) is 3.68. The lowest BCUT2D eigenvalue weighted by Gasteiger charge is -2.10. The molecule has 1 saturated heterocycles. The molecule has 0 unspecified atom stereocenters. The smallest absolute Gasteiger partial charge is 0.0253 e. The largest absolute Gasteiger partial charge is 0.308 e. The van der Waals surface area contributed by atoms with E-state index in [9.17, 15) is 0 Å². The fourth-order valence-corrected chi connectivity index (χ4v) is 2.32. The third kappa shape index (κ3) is 5.50. The summed E-state index contributed by atoms with van der Waals surface area (Å²) in [7, 11) is 0. The summed E-state index contributed by atoms with van der Waals surface area (Å²) < 4.78 is 0. The van der Waals surface area contributed by atoms with Gasteiger partial charge in [-0.1, -0.05) is 38.0 Å². The molecule has 1 aliphatic heterocycles. The standard InChI is InChI=1S/C15H27N/c1-3-5-7-8-9-11-15-13-12-14(16-15)10-6-4-2/h4,9,11,14-16H,2-3,5-8,10,12-13H2,1H3/b11-9+/t14-,15-/m0/s1. The minimum Gasteiger partial charge on any atom is -0.308 e. The van der Waals surface area contributed by atoms with Gasteiger partial charge >= 0.3 is 0 Å². The summed E-state index contributed by atoms with van der Waals surface area (Å²) in [6, 6.07) is 1.36. The van der Waals surface area contributed by atoms with E-state index in [1.807, 2.05) is 6.08 Å². The molecular weight excluding hydrogens is 194 g/mol. The van der Waals surface area contributed by atoms with Gasteiger partial charge in [-0.25, -0.2) is 0 Å². The lowest BCUT2D eigenvalue weighted by molar-refractivity contribution is 0.545. The Morgan fingerprint density at radius 1 is 1.25 bits per heavy atom. The van der Waals surface area contributed by atoms with Crippen molar-refractivity contribution >= 4 is 0 Å². The monoisotopic (exact) mass is 221 g/mol. The van der Waals surface area contributed by atoms with Gasteiger partial charge in [0, 0.05) is 12.1 Å². The molecule has 1 rings (SSSR count). The van der Waals surface area contributed by atoms with Crippen molar-refractivity contribution < 1.29 is 0 Å². The van der Waals surface area contributed by atoms with Crippen LogP contribution < -0.4 is 5.32 Å². The van der Waals surface area contributed by atoms with Crippen LogP contribution in [0.25, 0.3) is 0 Å². The van der Waals surface area contributed by atoms with E-state index in [0.29, 0.717) is 6.04 Å². The van der Waals surface area contributed by atoms with Gasteiger partial charge in [0.2, 0.25) is 0 Å². The van der Waals surface area contributed by atoms with Crippen LogP contribution in [0.15, 0.2) is 24.8 Å². The normalized spacial score (nSPS) is 25.3. The van der Waals surface area contributed by atoms with Crippen molar-refractivity contribution in [3.05, 3.63) is 24.8 Å². The average Bonchev–Trinajstić information content (AvgIpc) is 2.74. The molecule has 92 valence electrons. The van der Waals surface area contributed by atoms with E-state index in [0.717, 1.165) is 12.5 Å². The Hall–Kier alpha value is -0.560. The molecule has 1 fully saturated rings. The molecule has 0 saturated carbocycles. The van der Waals surface area contributed by atoms with E-state index < -0.39 is 0 Å². The summed E-state index contributed by atoms with van der Waals surface area (Å²) in [6.45, 7) is 6.03. The van der Waals surface area contributed by atoms with E-state index in [4.69, 9.17) is 0 Å². The Bertz CT molecular complexity index is 207. The number of nitrogens with one attached hydrogen (secondary N) is 1. The van der Waals surface area contributed by atoms with Crippen LogP contribution in [0.4, 0.5) is 0 Å². The van der Waals surface area contributed by atoms with Crippen LogP contribution in [0.2, 0.25) is 0 Å². The fraction of sp³-hybridized carbons (Fsp3) is 0.733. The Kier molecular flexibility index (Phi) is 7.24. The first-order valence-electron chi connectivity index (χ1n) is 6.90. The molecule has 0 amide bonds. The van der Waals surface area contributed by atoms with E-state index in [-0.39, 0.29) is 0 Å². The van der Waals surface area contributed by atoms with Crippen LogP contribution >= 0.6 is 0 Å². The zero-order valence-electron chi connectivity index (χ0n) is 10.8. The summed E-state index contributed by atoms with van der Waals surface area (Å²) >= 11 is 0. The maximum absolute atomic E-state index is 3.78.